The molecule has 1 atom stereocenters. The Morgan fingerprint density at radius 2 is 2.19 bits per heavy atom. The summed E-state index contributed by atoms with van der Waals surface area (Å²) in [6.07, 6.45) is 2.70. The molecule has 0 amide bonds. The van der Waals surface area contributed by atoms with E-state index >= 15 is 0 Å². The van der Waals surface area contributed by atoms with Crippen molar-refractivity contribution in [3.63, 3.8) is 0 Å². The lowest BCUT2D eigenvalue weighted by Crippen LogP contribution is -2.35. The number of hydrogen-bond acceptors (Lipinski definition) is 4. The van der Waals surface area contributed by atoms with Crippen LogP contribution < -0.4 is 5.32 Å². The molecule has 16 heavy (non-hydrogen) atoms. The largest absolute Gasteiger partial charge is 0.466 e. The van der Waals surface area contributed by atoms with E-state index in [0.717, 1.165) is 32.6 Å². The third-order valence-electron chi connectivity index (χ3n) is 2.87. The van der Waals surface area contributed by atoms with Crippen LogP contribution in [0.25, 0.3) is 0 Å². The van der Waals surface area contributed by atoms with E-state index in [1.165, 1.54) is 0 Å². The number of carbonyl (C=O) groups excluding carboxylic acids is 1. The Bertz CT molecular complexity index is 202. The third-order valence-corrected chi connectivity index (χ3v) is 2.87. The van der Waals surface area contributed by atoms with E-state index in [9.17, 15) is 4.79 Å². The van der Waals surface area contributed by atoms with Crippen LogP contribution in [0, 0.1) is 5.92 Å². The Balaban J connectivity index is 2.08. The molecule has 1 fully saturated rings. The molecule has 0 bridgehead atoms. The molecule has 0 aromatic heterocycles. The van der Waals surface area contributed by atoms with Gasteiger partial charge in [0.2, 0.25) is 0 Å². The van der Waals surface area contributed by atoms with E-state index in [2.05, 4.69) is 5.32 Å². The van der Waals surface area contributed by atoms with E-state index < -0.39 is 0 Å². The number of nitrogens with one attached hydrogen (secondary N) is 1. The van der Waals surface area contributed by atoms with Crippen LogP contribution in [-0.4, -0.2) is 38.4 Å². The maximum absolute atomic E-state index is 11.2. The first kappa shape index (κ1) is 13.5. The molecule has 1 unspecified atom stereocenters. The highest BCUT2D eigenvalue weighted by Crippen LogP contribution is 2.13. The van der Waals surface area contributed by atoms with Gasteiger partial charge in [-0.1, -0.05) is 0 Å². The van der Waals surface area contributed by atoms with Crippen LogP contribution in [0.4, 0.5) is 0 Å². The molecule has 1 heterocycles. The average molecular weight is 229 g/mol. The van der Waals surface area contributed by atoms with E-state index in [1.807, 2.05) is 13.8 Å². The number of rotatable bonds is 6. The molecule has 0 aromatic rings. The van der Waals surface area contributed by atoms with Crippen molar-refractivity contribution in [2.75, 3.05) is 26.4 Å². The standard InChI is InChI=1S/C12H23NO3/c1-3-16-12(14)8-10(2)13-9-11-4-6-15-7-5-11/h10-11,13H,3-9H2,1-2H3. The van der Waals surface area contributed by atoms with Crippen molar-refractivity contribution >= 4 is 5.97 Å². The Morgan fingerprint density at radius 3 is 2.81 bits per heavy atom. The maximum atomic E-state index is 11.2. The quantitative estimate of drug-likeness (QED) is 0.698. The number of ether oxygens (including phenoxy) is 2. The third kappa shape index (κ3) is 5.47. The fraction of sp³-hybridized carbons (Fsp3) is 0.917. The van der Waals surface area contributed by atoms with Crippen molar-refractivity contribution < 1.29 is 14.3 Å². The van der Waals surface area contributed by atoms with Crippen molar-refractivity contribution in [3.8, 4) is 0 Å². The van der Waals surface area contributed by atoms with Gasteiger partial charge in [0.15, 0.2) is 0 Å². The van der Waals surface area contributed by atoms with Gasteiger partial charge in [0.1, 0.15) is 0 Å². The smallest absolute Gasteiger partial charge is 0.307 e. The minimum absolute atomic E-state index is 0.116. The number of hydrogen-bond donors (Lipinski definition) is 1. The van der Waals surface area contributed by atoms with Gasteiger partial charge in [0.25, 0.3) is 0 Å². The van der Waals surface area contributed by atoms with Crippen molar-refractivity contribution in [1.29, 1.82) is 0 Å². The fourth-order valence-corrected chi connectivity index (χ4v) is 1.86. The van der Waals surface area contributed by atoms with Crippen LogP contribution >= 0.6 is 0 Å². The normalized spacial score (nSPS) is 19.4. The second-order valence-corrected chi connectivity index (χ2v) is 4.37. The second-order valence-electron chi connectivity index (χ2n) is 4.37. The van der Waals surface area contributed by atoms with Gasteiger partial charge in [-0.3, -0.25) is 4.79 Å². The molecule has 1 aliphatic rings. The summed E-state index contributed by atoms with van der Waals surface area (Å²) in [5.41, 5.74) is 0. The van der Waals surface area contributed by atoms with Crippen molar-refractivity contribution in [3.05, 3.63) is 0 Å². The molecule has 0 spiro atoms. The average Bonchev–Trinajstić information content (AvgIpc) is 2.28. The van der Waals surface area contributed by atoms with Crippen molar-refractivity contribution in [2.45, 2.75) is 39.2 Å². The van der Waals surface area contributed by atoms with E-state index in [4.69, 9.17) is 9.47 Å². The molecule has 4 heteroatoms. The van der Waals surface area contributed by atoms with Crippen LogP contribution in [-0.2, 0) is 14.3 Å². The zero-order valence-electron chi connectivity index (χ0n) is 10.3. The summed E-state index contributed by atoms with van der Waals surface area (Å²) in [6, 6.07) is 0.196. The molecule has 0 aromatic carbocycles. The molecule has 0 saturated carbocycles. The van der Waals surface area contributed by atoms with Crippen LogP contribution in [0.1, 0.15) is 33.1 Å². The van der Waals surface area contributed by atoms with Gasteiger partial charge >= 0.3 is 5.97 Å². The van der Waals surface area contributed by atoms with Gasteiger partial charge < -0.3 is 14.8 Å². The first-order valence-electron chi connectivity index (χ1n) is 6.19. The first-order chi connectivity index (χ1) is 7.72. The molecule has 1 rings (SSSR count). The monoisotopic (exact) mass is 229 g/mol. The van der Waals surface area contributed by atoms with Crippen LogP contribution in [0.3, 0.4) is 0 Å². The van der Waals surface area contributed by atoms with Crippen LogP contribution in [0.5, 0.6) is 0 Å². The summed E-state index contributed by atoms with van der Waals surface area (Å²) in [7, 11) is 0. The van der Waals surface area contributed by atoms with Gasteiger partial charge in [0, 0.05) is 19.3 Å². The van der Waals surface area contributed by atoms with E-state index in [1.54, 1.807) is 0 Å². The maximum Gasteiger partial charge on any atom is 0.307 e. The molecular formula is C12H23NO3. The summed E-state index contributed by atoms with van der Waals surface area (Å²) in [5, 5.41) is 3.39. The lowest BCUT2D eigenvalue weighted by Gasteiger charge is -2.24. The zero-order valence-corrected chi connectivity index (χ0v) is 10.3. The number of carbonyl (C=O) groups is 1. The Labute approximate surface area is 97.7 Å². The summed E-state index contributed by atoms with van der Waals surface area (Å²) >= 11 is 0. The SMILES string of the molecule is CCOC(=O)CC(C)NCC1CCOCC1. The molecule has 0 aliphatic carbocycles. The molecule has 94 valence electrons. The molecule has 0 radical (unpaired) electrons. The minimum atomic E-state index is -0.116. The highest BCUT2D eigenvalue weighted by atomic mass is 16.5. The van der Waals surface area contributed by atoms with E-state index in [-0.39, 0.29) is 12.0 Å². The Kier molecular flexibility index (Phi) is 6.42. The van der Waals surface area contributed by atoms with Gasteiger partial charge in [0.05, 0.1) is 13.0 Å². The highest BCUT2D eigenvalue weighted by molar-refractivity contribution is 5.69. The molecular weight excluding hydrogens is 206 g/mol. The van der Waals surface area contributed by atoms with Crippen LogP contribution in [0.2, 0.25) is 0 Å². The number of esters is 1. The zero-order chi connectivity index (χ0) is 11.8. The van der Waals surface area contributed by atoms with Gasteiger partial charge in [-0.25, -0.2) is 0 Å². The van der Waals surface area contributed by atoms with Crippen molar-refractivity contribution in [1.82, 2.24) is 5.32 Å². The molecule has 4 nitrogen and oxygen atoms in total. The topological polar surface area (TPSA) is 47.6 Å². The van der Waals surface area contributed by atoms with Gasteiger partial charge in [-0.15, -0.1) is 0 Å². The van der Waals surface area contributed by atoms with Crippen LogP contribution in [0.15, 0.2) is 0 Å². The molecule has 1 saturated heterocycles. The lowest BCUT2D eigenvalue weighted by atomic mass is 10.00. The summed E-state index contributed by atoms with van der Waals surface area (Å²) < 4.78 is 10.2. The highest BCUT2D eigenvalue weighted by Gasteiger charge is 2.15. The lowest BCUT2D eigenvalue weighted by molar-refractivity contribution is -0.143. The minimum Gasteiger partial charge on any atom is -0.466 e. The first-order valence-corrected chi connectivity index (χ1v) is 6.19. The van der Waals surface area contributed by atoms with Gasteiger partial charge in [-0.2, -0.15) is 0 Å². The second kappa shape index (κ2) is 7.63. The predicted molar refractivity (Wildman–Crippen MR) is 62.3 cm³/mol. The summed E-state index contributed by atoms with van der Waals surface area (Å²) in [5.74, 6) is 0.577. The Morgan fingerprint density at radius 1 is 1.50 bits per heavy atom. The van der Waals surface area contributed by atoms with E-state index in [0.29, 0.717) is 18.9 Å². The molecule has 1 aliphatic heterocycles. The Hall–Kier alpha value is -0.610. The van der Waals surface area contributed by atoms with Crippen molar-refractivity contribution in [2.24, 2.45) is 5.92 Å². The molecule has 1 N–H and O–H groups in total. The summed E-state index contributed by atoms with van der Waals surface area (Å²) in [4.78, 5) is 11.2. The van der Waals surface area contributed by atoms with Gasteiger partial charge in [-0.05, 0) is 39.2 Å². The summed E-state index contributed by atoms with van der Waals surface area (Å²) in [6.45, 7) is 7.04. The fourth-order valence-electron chi connectivity index (χ4n) is 1.86. The predicted octanol–water partition coefficient (Wildman–Crippen LogP) is 1.34.